The smallest absolute Gasteiger partial charge is 0.272 e. The number of likely N-dealkylation sites (tertiary alicyclic amines) is 1. The number of rotatable bonds is 4. The second kappa shape index (κ2) is 9.05. The maximum Gasteiger partial charge on any atom is 0.272 e. The topological polar surface area (TPSA) is 70.5 Å². The van der Waals surface area contributed by atoms with E-state index in [9.17, 15) is 22.8 Å². The Bertz CT molecular complexity index is 1120. The number of aromatic nitrogens is 2. The first-order chi connectivity index (χ1) is 16.0. The zero-order chi connectivity index (χ0) is 24.8. The number of hydrogen-bond donors (Lipinski definition) is 1. The van der Waals surface area contributed by atoms with Gasteiger partial charge in [-0.3, -0.25) is 9.59 Å². The van der Waals surface area contributed by atoms with Gasteiger partial charge in [0.2, 0.25) is 5.91 Å². The van der Waals surface area contributed by atoms with Crippen LogP contribution in [0.2, 0.25) is 0 Å². The number of imidazole rings is 1. The Morgan fingerprint density at radius 2 is 1.65 bits per heavy atom. The van der Waals surface area contributed by atoms with E-state index >= 15 is 0 Å². The fourth-order valence-electron chi connectivity index (χ4n) is 4.37. The first kappa shape index (κ1) is 24.3. The van der Waals surface area contributed by atoms with Crippen LogP contribution in [0.1, 0.15) is 49.8 Å². The first-order valence-electron chi connectivity index (χ1n) is 11.5. The van der Waals surface area contributed by atoms with Crippen LogP contribution in [0.15, 0.2) is 12.1 Å². The largest absolute Gasteiger partial charge is 0.341 e. The Kier molecular flexibility index (Phi) is 6.46. The maximum absolute atomic E-state index is 14.7. The second-order valence-electron chi connectivity index (χ2n) is 10.2. The lowest BCUT2D eigenvalue weighted by atomic mass is 9.85. The molecule has 0 bridgehead atoms. The number of halogens is 3. The molecule has 2 aliphatic heterocycles. The molecule has 0 aliphatic carbocycles. The van der Waals surface area contributed by atoms with Crippen molar-refractivity contribution in [3.05, 3.63) is 41.0 Å². The standard InChI is InChI=1S/C24H30F3N5O2/c1-24(2,3)20(23(34)31-8-6-9-31)29-22(33)19-18-13-30(4)7-5-10-32(18)21(28-19)14-11-16(26)17(27)12-15(14)25/h11-12,20H,5-10,13H2,1-4H3,(H,29,33). The van der Waals surface area contributed by atoms with Crippen molar-refractivity contribution in [2.24, 2.45) is 5.41 Å². The molecule has 7 nitrogen and oxygen atoms in total. The average Bonchev–Trinajstić information content (AvgIpc) is 2.92. The molecule has 0 spiro atoms. The predicted octanol–water partition coefficient (Wildman–Crippen LogP) is 3.18. The van der Waals surface area contributed by atoms with Gasteiger partial charge in [-0.2, -0.15) is 0 Å². The summed E-state index contributed by atoms with van der Waals surface area (Å²) in [7, 11) is 1.90. The molecular weight excluding hydrogens is 447 g/mol. The number of fused-ring (bicyclic) bond motifs is 1. The molecule has 34 heavy (non-hydrogen) atoms. The molecule has 10 heteroatoms. The summed E-state index contributed by atoms with van der Waals surface area (Å²) in [5.41, 5.74) is -0.169. The van der Waals surface area contributed by atoms with Gasteiger partial charge in [0.1, 0.15) is 17.7 Å². The van der Waals surface area contributed by atoms with E-state index in [1.54, 1.807) is 9.47 Å². The summed E-state index contributed by atoms with van der Waals surface area (Å²) in [4.78, 5) is 34.6. The quantitative estimate of drug-likeness (QED) is 0.687. The van der Waals surface area contributed by atoms with Gasteiger partial charge in [0, 0.05) is 32.2 Å². The van der Waals surface area contributed by atoms with E-state index < -0.39 is 34.8 Å². The van der Waals surface area contributed by atoms with Gasteiger partial charge >= 0.3 is 0 Å². The van der Waals surface area contributed by atoms with Crippen molar-refractivity contribution in [1.29, 1.82) is 0 Å². The summed E-state index contributed by atoms with van der Waals surface area (Å²) >= 11 is 0. The van der Waals surface area contributed by atoms with Gasteiger partial charge in [0.15, 0.2) is 17.3 Å². The number of carbonyl (C=O) groups excluding carboxylic acids is 2. The molecule has 1 unspecified atom stereocenters. The molecular formula is C24H30F3N5O2. The number of hydrogen-bond acceptors (Lipinski definition) is 4. The normalized spacial score (nSPS) is 17.6. The molecule has 3 heterocycles. The van der Waals surface area contributed by atoms with Crippen molar-refractivity contribution < 1.29 is 22.8 Å². The number of amides is 2. The molecule has 1 fully saturated rings. The lowest BCUT2D eigenvalue weighted by Gasteiger charge is -2.38. The summed E-state index contributed by atoms with van der Waals surface area (Å²) in [5, 5.41) is 2.86. The van der Waals surface area contributed by atoms with Crippen LogP contribution in [0.5, 0.6) is 0 Å². The fourth-order valence-corrected chi connectivity index (χ4v) is 4.37. The van der Waals surface area contributed by atoms with Crippen LogP contribution in [-0.2, 0) is 17.9 Å². The third-order valence-electron chi connectivity index (χ3n) is 6.44. The van der Waals surface area contributed by atoms with Crippen molar-refractivity contribution in [2.45, 2.75) is 52.7 Å². The van der Waals surface area contributed by atoms with Gasteiger partial charge in [-0.1, -0.05) is 20.8 Å². The number of carbonyl (C=O) groups is 2. The molecule has 0 saturated carbocycles. The Balaban J connectivity index is 1.76. The van der Waals surface area contributed by atoms with Crippen LogP contribution in [0.3, 0.4) is 0 Å². The molecule has 4 rings (SSSR count). The number of nitrogens with one attached hydrogen (secondary N) is 1. The van der Waals surface area contributed by atoms with Gasteiger partial charge in [0.25, 0.3) is 5.91 Å². The molecule has 2 amide bonds. The minimum absolute atomic E-state index is 0.0542. The van der Waals surface area contributed by atoms with Crippen molar-refractivity contribution >= 4 is 11.8 Å². The van der Waals surface area contributed by atoms with E-state index in [0.717, 1.165) is 19.0 Å². The highest BCUT2D eigenvalue weighted by Gasteiger charge is 2.38. The van der Waals surface area contributed by atoms with Gasteiger partial charge in [-0.25, -0.2) is 18.2 Å². The van der Waals surface area contributed by atoms with Gasteiger partial charge in [0.05, 0.1) is 11.3 Å². The Morgan fingerprint density at radius 1 is 1.00 bits per heavy atom. The van der Waals surface area contributed by atoms with Crippen LogP contribution in [0.25, 0.3) is 11.4 Å². The minimum Gasteiger partial charge on any atom is -0.341 e. The SMILES string of the molecule is CN1CCCn2c(-c3cc(F)c(F)cc3F)nc(C(=O)NC(C(=O)N3CCC3)C(C)(C)C)c2C1. The van der Waals surface area contributed by atoms with Crippen molar-refractivity contribution in [3.8, 4) is 11.4 Å². The van der Waals surface area contributed by atoms with Crippen LogP contribution >= 0.6 is 0 Å². The second-order valence-corrected chi connectivity index (χ2v) is 10.2. The Hall–Kier alpha value is -2.88. The summed E-state index contributed by atoms with van der Waals surface area (Å²) in [5.74, 6) is -4.09. The molecule has 1 aromatic heterocycles. The lowest BCUT2D eigenvalue weighted by molar-refractivity contribution is -0.139. The first-order valence-corrected chi connectivity index (χ1v) is 11.5. The predicted molar refractivity (Wildman–Crippen MR) is 120 cm³/mol. The van der Waals surface area contributed by atoms with Crippen molar-refractivity contribution in [1.82, 2.24) is 24.7 Å². The van der Waals surface area contributed by atoms with E-state index in [0.29, 0.717) is 44.4 Å². The highest BCUT2D eigenvalue weighted by atomic mass is 19.2. The van der Waals surface area contributed by atoms with Crippen LogP contribution in [0, 0.1) is 22.9 Å². The number of nitrogens with zero attached hydrogens (tertiary/aromatic N) is 4. The van der Waals surface area contributed by atoms with Crippen LogP contribution in [0.4, 0.5) is 13.2 Å². The highest BCUT2D eigenvalue weighted by molar-refractivity contribution is 5.98. The van der Waals surface area contributed by atoms with E-state index in [2.05, 4.69) is 10.3 Å². The van der Waals surface area contributed by atoms with Gasteiger partial charge in [-0.15, -0.1) is 0 Å². The molecule has 2 aromatic rings. The molecule has 1 atom stereocenters. The van der Waals surface area contributed by atoms with E-state index in [1.165, 1.54) is 0 Å². The molecule has 1 N–H and O–H groups in total. The number of benzene rings is 1. The minimum atomic E-state index is -1.29. The molecule has 1 saturated heterocycles. The lowest BCUT2D eigenvalue weighted by Crippen LogP contribution is -2.57. The summed E-state index contributed by atoms with van der Waals surface area (Å²) in [6.07, 6.45) is 1.64. The maximum atomic E-state index is 14.7. The third kappa shape index (κ3) is 4.55. The van der Waals surface area contributed by atoms with Gasteiger partial charge < -0.3 is 19.7 Å². The van der Waals surface area contributed by atoms with E-state index in [4.69, 9.17) is 0 Å². The monoisotopic (exact) mass is 477 g/mol. The van der Waals surface area contributed by atoms with E-state index in [1.807, 2.05) is 32.7 Å². The van der Waals surface area contributed by atoms with Crippen molar-refractivity contribution in [3.63, 3.8) is 0 Å². The fraction of sp³-hybridized carbons (Fsp3) is 0.542. The average molecular weight is 478 g/mol. The summed E-state index contributed by atoms with van der Waals surface area (Å²) < 4.78 is 43.9. The van der Waals surface area contributed by atoms with Gasteiger partial charge in [-0.05, 0) is 37.9 Å². The molecule has 184 valence electrons. The molecule has 2 aliphatic rings. The summed E-state index contributed by atoms with van der Waals surface area (Å²) in [6, 6.07) is 0.475. The third-order valence-corrected chi connectivity index (χ3v) is 6.44. The highest BCUT2D eigenvalue weighted by Crippen LogP contribution is 2.30. The van der Waals surface area contributed by atoms with Crippen LogP contribution < -0.4 is 5.32 Å². The van der Waals surface area contributed by atoms with E-state index in [-0.39, 0.29) is 23.0 Å². The zero-order valence-corrected chi connectivity index (χ0v) is 19.9. The Labute approximate surface area is 196 Å². The molecule has 1 aromatic carbocycles. The van der Waals surface area contributed by atoms with Crippen LogP contribution in [-0.4, -0.2) is 63.9 Å². The Morgan fingerprint density at radius 3 is 2.26 bits per heavy atom. The summed E-state index contributed by atoms with van der Waals surface area (Å²) in [6.45, 7) is 8.47. The molecule has 0 radical (unpaired) electrons. The van der Waals surface area contributed by atoms with Crippen molar-refractivity contribution in [2.75, 3.05) is 26.7 Å². The zero-order valence-electron chi connectivity index (χ0n) is 19.9.